The van der Waals surface area contributed by atoms with Crippen LogP contribution in [0.4, 0.5) is 15.5 Å². The van der Waals surface area contributed by atoms with Crippen LogP contribution in [0.3, 0.4) is 0 Å². The summed E-state index contributed by atoms with van der Waals surface area (Å²) in [6.07, 6.45) is 0. The molecule has 0 saturated carbocycles. The Kier molecular flexibility index (Phi) is 7.92. The van der Waals surface area contributed by atoms with Crippen molar-refractivity contribution in [1.29, 1.82) is 0 Å². The van der Waals surface area contributed by atoms with Crippen LogP contribution < -0.4 is 20.3 Å². The van der Waals surface area contributed by atoms with Gasteiger partial charge in [-0.1, -0.05) is 12.1 Å². The van der Waals surface area contributed by atoms with E-state index in [1.807, 2.05) is 18.2 Å². The Bertz CT molecular complexity index is 849. The van der Waals surface area contributed by atoms with Gasteiger partial charge in [-0.25, -0.2) is 9.59 Å². The molecule has 0 radical (unpaired) electrons. The normalized spacial score (nSPS) is 14.3. The lowest BCUT2D eigenvalue weighted by Crippen LogP contribution is -2.48. The molecule has 1 aliphatic rings. The minimum absolute atomic E-state index is 0.296. The van der Waals surface area contributed by atoms with Gasteiger partial charge in [0.2, 0.25) is 0 Å². The van der Waals surface area contributed by atoms with E-state index in [0.717, 1.165) is 44.2 Å². The van der Waals surface area contributed by atoms with Gasteiger partial charge in [0.1, 0.15) is 10.8 Å². The minimum atomic E-state index is -0.429. The van der Waals surface area contributed by atoms with Crippen molar-refractivity contribution in [3.63, 3.8) is 0 Å². The number of esters is 1. The minimum Gasteiger partial charge on any atom is -0.495 e. The monoisotopic (exact) mass is 432 g/mol. The van der Waals surface area contributed by atoms with Gasteiger partial charge in [0.15, 0.2) is 0 Å². The molecule has 1 aliphatic heterocycles. The molecule has 1 aromatic carbocycles. The summed E-state index contributed by atoms with van der Waals surface area (Å²) in [7, 11) is 1.69. The van der Waals surface area contributed by atoms with Crippen molar-refractivity contribution in [3.8, 4) is 5.75 Å². The van der Waals surface area contributed by atoms with Crippen LogP contribution in [0.2, 0.25) is 0 Å². The third-order valence-electron chi connectivity index (χ3n) is 4.90. The first-order valence-corrected chi connectivity index (χ1v) is 10.9. The Hall–Kier alpha value is -2.78. The molecular weight excluding hydrogens is 404 g/mol. The molecule has 8 nitrogen and oxygen atoms in total. The first-order valence-electron chi connectivity index (χ1n) is 10.0. The fourth-order valence-corrected chi connectivity index (χ4v) is 4.12. The second kappa shape index (κ2) is 10.8. The van der Waals surface area contributed by atoms with Gasteiger partial charge in [0.25, 0.3) is 0 Å². The third kappa shape index (κ3) is 5.64. The van der Waals surface area contributed by atoms with Gasteiger partial charge in [-0.05, 0) is 30.5 Å². The van der Waals surface area contributed by atoms with Crippen molar-refractivity contribution >= 4 is 34.0 Å². The van der Waals surface area contributed by atoms with Crippen LogP contribution >= 0.6 is 11.3 Å². The summed E-state index contributed by atoms with van der Waals surface area (Å²) in [5.41, 5.74) is 1.50. The number of thiophene rings is 1. The number of rotatable bonds is 8. The summed E-state index contributed by atoms with van der Waals surface area (Å²) in [4.78, 5) is 28.7. The van der Waals surface area contributed by atoms with Gasteiger partial charge in [0, 0.05) is 39.3 Å². The molecule has 162 valence electrons. The summed E-state index contributed by atoms with van der Waals surface area (Å²) in [6.45, 7) is 6.99. The van der Waals surface area contributed by atoms with Crippen LogP contribution in [-0.4, -0.2) is 69.9 Å². The van der Waals surface area contributed by atoms with Crippen molar-refractivity contribution < 1.29 is 19.1 Å². The molecule has 9 heteroatoms. The third-order valence-corrected chi connectivity index (χ3v) is 5.73. The first kappa shape index (κ1) is 21.9. The van der Waals surface area contributed by atoms with E-state index in [1.54, 1.807) is 25.5 Å². The number of anilines is 2. The number of nitrogens with zero attached hydrogens (tertiary/aromatic N) is 2. The zero-order valence-corrected chi connectivity index (χ0v) is 18.2. The number of ether oxygens (including phenoxy) is 2. The average Bonchev–Trinajstić information content (AvgIpc) is 3.22. The predicted molar refractivity (Wildman–Crippen MR) is 119 cm³/mol. The first-order chi connectivity index (χ1) is 14.6. The van der Waals surface area contributed by atoms with E-state index in [9.17, 15) is 9.59 Å². The largest absolute Gasteiger partial charge is 0.495 e. The number of nitrogens with one attached hydrogen (secondary N) is 2. The van der Waals surface area contributed by atoms with E-state index < -0.39 is 5.97 Å². The van der Waals surface area contributed by atoms with Gasteiger partial charge in [-0.3, -0.25) is 10.2 Å². The lowest BCUT2D eigenvalue weighted by atomic mass is 10.2. The van der Waals surface area contributed by atoms with Crippen molar-refractivity contribution in [2.75, 3.05) is 63.2 Å². The van der Waals surface area contributed by atoms with Crippen LogP contribution in [0.25, 0.3) is 0 Å². The van der Waals surface area contributed by atoms with Crippen molar-refractivity contribution in [2.45, 2.75) is 6.92 Å². The zero-order valence-electron chi connectivity index (χ0n) is 17.3. The van der Waals surface area contributed by atoms with E-state index in [1.165, 1.54) is 11.3 Å². The Labute approximate surface area is 180 Å². The second-order valence-electron chi connectivity index (χ2n) is 6.77. The highest BCUT2D eigenvalue weighted by atomic mass is 32.1. The van der Waals surface area contributed by atoms with Gasteiger partial charge < -0.3 is 19.7 Å². The molecule has 0 aliphatic carbocycles. The molecule has 0 unspecified atom stereocenters. The summed E-state index contributed by atoms with van der Waals surface area (Å²) >= 11 is 1.30. The van der Waals surface area contributed by atoms with Gasteiger partial charge in [-0.15, -0.1) is 11.3 Å². The maximum Gasteiger partial charge on any atom is 0.341 e. The molecule has 1 aromatic heterocycles. The van der Waals surface area contributed by atoms with E-state index >= 15 is 0 Å². The Morgan fingerprint density at radius 1 is 1.13 bits per heavy atom. The fourth-order valence-electron chi connectivity index (χ4n) is 3.35. The summed E-state index contributed by atoms with van der Waals surface area (Å²) in [5, 5.41) is 7.84. The van der Waals surface area contributed by atoms with Crippen LogP contribution in [0.1, 0.15) is 17.3 Å². The highest BCUT2D eigenvalue weighted by molar-refractivity contribution is 7.14. The molecule has 0 bridgehead atoms. The number of para-hydroxylation sites is 2. The van der Waals surface area contributed by atoms with E-state index in [4.69, 9.17) is 9.47 Å². The zero-order chi connectivity index (χ0) is 21.3. The molecule has 30 heavy (non-hydrogen) atoms. The lowest BCUT2D eigenvalue weighted by molar-refractivity contribution is 0.0528. The maximum absolute atomic E-state index is 12.2. The van der Waals surface area contributed by atoms with Crippen LogP contribution in [0.15, 0.2) is 35.7 Å². The van der Waals surface area contributed by atoms with Crippen molar-refractivity contribution in [1.82, 2.24) is 10.2 Å². The Morgan fingerprint density at radius 3 is 2.63 bits per heavy atom. The molecular formula is C21H28N4O4S. The number of carbonyl (C=O) groups excluding carboxylic acids is 2. The highest BCUT2D eigenvalue weighted by Gasteiger charge is 2.20. The molecule has 2 amide bonds. The molecule has 2 N–H and O–H groups in total. The molecule has 1 saturated heterocycles. The Balaban J connectivity index is 1.40. The molecule has 2 heterocycles. The lowest BCUT2D eigenvalue weighted by Gasteiger charge is -2.36. The predicted octanol–water partition coefficient (Wildman–Crippen LogP) is 2.88. The number of hydrogen-bond donors (Lipinski definition) is 2. The van der Waals surface area contributed by atoms with Crippen molar-refractivity contribution in [2.24, 2.45) is 0 Å². The Morgan fingerprint density at radius 2 is 1.90 bits per heavy atom. The quantitative estimate of drug-likeness (QED) is 0.624. The highest BCUT2D eigenvalue weighted by Crippen LogP contribution is 2.28. The molecule has 1 fully saturated rings. The molecule has 2 aromatic rings. The van der Waals surface area contributed by atoms with Crippen LogP contribution in [-0.2, 0) is 4.74 Å². The van der Waals surface area contributed by atoms with Gasteiger partial charge in [-0.2, -0.15) is 0 Å². The number of piperazine rings is 1. The van der Waals surface area contributed by atoms with Crippen LogP contribution in [0, 0.1) is 0 Å². The number of carbonyl (C=O) groups is 2. The fraction of sp³-hybridized carbons (Fsp3) is 0.429. The maximum atomic E-state index is 12.2. The SMILES string of the molecule is CCOC(=O)c1ccsc1NC(=O)NCCN1CCN(c2ccccc2OC)CC1. The average molecular weight is 433 g/mol. The van der Waals surface area contributed by atoms with E-state index in [0.29, 0.717) is 23.7 Å². The summed E-state index contributed by atoms with van der Waals surface area (Å²) in [5.74, 6) is 0.460. The number of methoxy groups -OCH3 is 1. The standard InChI is InChI=1S/C21H28N4O4S/c1-3-29-20(26)16-8-15-30-19(16)23-21(27)22-9-10-24-11-13-25(14-12-24)17-6-4-5-7-18(17)28-2/h4-8,15H,3,9-14H2,1-2H3,(H2,22,23,27). The smallest absolute Gasteiger partial charge is 0.341 e. The summed E-state index contributed by atoms with van der Waals surface area (Å²) in [6, 6.07) is 9.38. The number of urea groups is 1. The van der Waals surface area contributed by atoms with Gasteiger partial charge in [0.05, 0.1) is 25.0 Å². The van der Waals surface area contributed by atoms with E-state index in [-0.39, 0.29) is 6.03 Å². The molecule has 3 rings (SSSR count). The second-order valence-corrected chi connectivity index (χ2v) is 7.68. The van der Waals surface area contributed by atoms with E-state index in [2.05, 4.69) is 26.5 Å². The number of amides is 2. The topological polar surface area (TPSA) is 83.1 Å². The van der Waals surface area contributed by atoms with Crippen LogP contribution in [0.5, 0.6) is 5.75 Å². The van der Waals surface area contributed by atoms with Crippen molar-refractivity contribution in [3.05, 3.63) is 41.3 Å². The molecule has 0 atom stereocenters. The molecule has 0 spiro atoms. The number of benzene rings is 1. The summed E-state index contributed by atoms with van der Waals surface area (Å²) < 4.78 is 10.5. The number of hydrogen-bond acceptors (Lipinski definition) is 7. The van der Waals surface area contributed by atoms with Gasteiger partial charge >= 0.3 is 12.0 Å².